The maximum absolute atomic E-state index is 12.5. The maximum Gasteiger partial charge on any atom is 0.245 e. The maximum atomic E-state index is 12.5. The lowest BCUT2D eigenvalue weighted by Crippen LogP contribution is -2.63. The minimum atomic E-state index is -0.742. The van der Waals surface area contributed by atoms with Crippen molar-refractivity contribution in [2.24, 2.45) is 11.7 Å². The second-order valence-electron chi connectivity index (χ2n) is 6.27. The lowest BCUT2D eigenvalue weighted by Gasteiger charge is -2.42. The van der Waals surface area contributed by atoms with Gasteiger partial charge in [0.1, 0.15) is 5.54 Å². The Labute approximate surface area is 127 Å². The number of hydrogen-bond acceptors (Lipinski definition) is 3. The molecular formula is C14H26ClN3O2. The molecule has 2 amide bonds. The first kappa shape index (κ1) is 17.2. The summed E-state index contributed by atoms with van der Waals surface area (Å²) in [6.45, 7) is 4.75. The van der Waals surface area contributed by atoms with Crippen molar-refractivity contribution in [1.82, 2.24) is 10.2 Å². The first-order chi connectivity index (χ1) is 8.93. The molecule has 1 saturated heterocycles. The smallest absolute Gasteiger partial charge is 0.245 e. The number of carbonyl (C=O) groups excluding carboxylic acids is 2. The molecule has 5 nitrogen and oxygen atoms in total. The van der Waals surface area contributed by atoms with Gasteiger partial charge < -0.3 is 16.0 Å². The van der Waals surface area contributed by atoms with Crippen molar-refractivity contribution in [2.75, 3.05) is 13.1 Å². The summed E-state index contributed by atoms with van der Waals surface area (Å²) >= 11 is 0. The Balaban J connectivity index is 0.00000200. The summed E-state index contributed by atoms with van der Waals surface area (Å²) in [6, 6.07) is 0.138. The van der Waals surface area contributed by atoms with Gasteiger partial charge in [-0.3, -0.25) is 9.59 Å². The van der Waals surface area contributed by atoms with E-state index in [1.807, 2.05) is 0 Å². The van der Waals surface area contributed by atoms with Crippen molar-refractivity contribution in [3.05, 3.63) is 0 Å². The van der Waals surface area contributed by atoms with Crippen LogP contribution in [0.2, 0.25) is 0 Å². The van der Waals surface area contributed by atoms with E-state index >= 15 is 0 Å². The van der Waals surface area contributed by atoms with Crippen LogP contribution < -0.4 is 11.1 Å². The van der Waals surface area contributed by atoms with E-state index in [1.54, 1.807) is 18.7 Å². The van der Waals surface area contributed by atoms with E-state index in [0.29, 0.717) is 19.5 Å². The predicted octanol–water partition coefficient (Wildman–Crippen LogP) is 1.05. The Hall–Kier alpha value is -0.810. The van der Waals surface area contributed by atoms with Crippen molar-refractivity contribution in [3.8, 4) is 0 Å². The first-order valence-corrected chi connectivity index (χ1v) is 7.27. The molecule has 0 bridgehead atoms. The Morgan fingerprint density at radius 2 is 2.05 bits per heavy atom. The van der Waals surface area contributed by atoms with Crippen molar-refractivity contribution >= 4 is 24.2 Å². The summed E-state index contributed by atoms with van der Waals surface area (Å²) in [7, 11) is 0. The molecule has 2 aliphatic rings. The molecule has 0 aromatic heterocycles. The molecule has 0 aromatic carbocycles. The monoisotopic (exact) mass is 303 g/mol. The number of nitrogens with zero attached hydrogens (tertiary/aromatic N) is 1. The lowest BCUT2D eigenvalue weighted by molar-refractivity contribution is -0.150. The molecular weight excluding hydrogens is 278 g/mol. The molecule has 2 fully saturated rings. The van der Waals surface area contributed by atoms with Gasteiger partial charge in [-0.05, 0) is 32.6 Å². The first-order valence-electron chi connectivity index (χ1n) is 7.27. The van der Waals surface area contributed by atoms with Crippen LogP contribution >= 0.6 is 12.4 Å². The molecule has 2 atom stereocenters. The van der Waals surface area contributed by atoms with E-state index in [-0.39, 0.29) is 36.2 Å². The van der Waals surface area contributed by atoms with Crippen LogP contribution in [0.1, 0.15) is 46.0 Å². The molecule has 1 aliphatic heterocycles. The van der Waals surface area contributed by atoms with Gasteiger partial charge >= 0.3 is 0 Å². The highest BCUT2D eigenvalue weighted by Gasteiger charge is 2.41. The molecule has 6 heteroatoms. The van der Waals surface area contributed by atoms with Crippen LogP contribution in [-0.4, -0.2) is 41.4 Å². The Morgan fingerprint density at radius 3 is 2.70 bits per heavy atom. The van der Waals surface area contributed by atoms with Crippen LogP contribution in [0.4, 0.5) is 0 Å². The summed E-state index contributed by atoms with van der Waals surface area (Å²) in [5.74, 6) is 0.282. The molecule has 2 rings (SSSR count). The van der Waals surface area contributed by atoms with Crippen molar-refractivity contribution in [2.45, 2.75) is 57.5 Å². The van der Waals surface area contributed by atoms with Gasteiger partial charge in [0, 0.05) is 25.6 Å². The van der Waals surface area contributed by atoms with Crippen LogP contribution in [0.3, 0.4) is 0 Å². The number of amides is 2. The number of nitrogens with two attached hydrogens (primary N) is 1. The predicted molar refractivity (Wildman–Crippen MR) is 80.6 cm³/mol. The highest BCUT2D eigenvalue weighted by molar-refractivity contribution is 5.91. The van der Waals surface area contributed by atoms with Crippen LogP contribution in [0.15, 0.2) is 0 Å². The SMILES string of the molecule is CC1(C)C(=O)NCCN1C(=O)CC1CCCCC1N.Cl. The summed E-state index contributed by atoms with van der Waals surface area (Å²) in [6.07, 6.45) is 4.87. The molecule has 3 N–H and O–H groups in total. The summed E-state index contributed by atoms with van der Waals surface area (Å²) in [5, 5.41) is 2.81. The highest BCUT2D eigenvalue weighted by Crippen LogP contribution is 2.28. The van der Waals surface area contributed by atoms with Gasteiger partial charge in [-0.15, -0.1) is 12.4 Å². The molecule has 0 radical (unpaired) electrons. The minimum absolute atomic E-state index is 0. The van der Waals surface area contributed by atoms with Crippen LogP contribution in [0, 0.1) is 5.92 Å². The lowest BCUT2D eigenvalue weighted by atomic mass is 9.82. The fourth-order valence-electron chi connectivity index (χ4n) is 3.16. The molecule has 0 aromatic rings. The number of carbonyl (C=O) groups is 2. The standard InChI is InChI=1S/C14H25N3O2.ClH/c1-14(2)13(19)16-7-8-17(14)12(18)9-10-5-3-4-6-11(10)15;/h10-11H,3-9,15H2,1-2H3,(H,16,19);1H. The Morgan fingerprint density at radius 1 is 1.40 bits per heavy atom. The average Bonchev–Trinajstić information content (AvgIpc) is 2.35. The van der Waals surface area contributed by atoms with Crippen LogP contribution in [-0.2, 0) is 9.59 Å². The van der Waals surface area contributed by atoms with Gasteiger partial charge in [0.15, 0.2) is 0 Å². The third-order valence-electron chi connectivity index (χ3n) is 4.56. The summed E-state index contributed by atoms with van der Waals surface area (Å²) < 4.78 is 0. The molecule has 116 valence electrons. The zero-order valence-electron chi connectivity index (χ0n) is 12.4. The third-order valence-corrected chi connectivity index (χ3v) is 4.56. The van der Waals surface area contributed by atoms with Gasteiger partial charge in [-0.1, -0.05) is 12.8 Å². The van der Waals surface area contributed by atoms with Gasteiger partial charge in [-0.25, -0.2) is 0 Å². The third kappa shape index (κ3) is 3.44. The fraction of sp³-hybridized carbons (Fsp3) is 0.857. The summed E-state index contributed by atoms with van der Waals surface area (Å²) in [5.41, 5.74) is 5.36. The van der Waals surface area contributed by atoms with E-state index in [4.69, 9.17) is 5.73 Å². The van der Waals surface area contributed by atoms with E-state index in [2.05, 4.69) is 5.32 Å². The number of hydrogen-bond donors (Lipinski definition) is 2. The molecule has 1 saturated carbocycles. The van der Waals surface area contributed by atoms with Gasteiger partial charge in [0.2, 0.25) is 11.8 Å². The summed E-state index contributed by atoms with van der Waals surface area (Å²) in [4.78, 5) is 26.0. The normalized spacial score (nSPS) is 29.4. The van der Waals surface area contributed by atoms with Crippen LogP contribution in [0.25, 0.3) is 0 Å². The number of nitrogens with one attached hydrogen (secondary N) is 1. The van der Waals surface area contributed by atoms with Crippen molar-refractivity contribution < 1.29 is 9.59 Å². The highest BCUT2D eigenvalue weighted by atomic mass is 35.5. The van der Waals surface area contributed by atoms with Crippen LogP contribution in [0.5, 0.6) is 0 Å². The van der Waals surface area contributed by atoms with Gasteiger partial charge in [-0.2, -0.15) is 0 Å². The average molecular weight is 304 g/mol. The van der Waals surface area contributed by atoms with E-state index in [1.165, 1.54) is 6.42 Å². The molecule has 0 spiro atoms. The quantitative estimate of drug-likeness (QED) is 0.801. The minimum Gasteiger partial charge on any atom is -0.352 e. The largest absolute Gasteiger partial charge is 0.352 e. The second-order valence-corrected chi connectivity index (χ2v) is 6.27. The zero-order chi connectivity index (χ0) is 14.0. The number of halogens is 1. The number of piperazine rings is 1. The molecule has 1 heterocycles. The second kappa shape index (κ2) is 6.76. The fourth-order valence-corrected chi connectivity index (χ4v) is 3.16. The van der Waals surface area contributed by atoms with E-state index in [0.717, 1.165) is 19.3 Å². The van der Waals surface area contributed by atoms with Crippen molar-refractivity contribution in [1.29, 1.82) is 0 Å². The van der Waals surface area contributed by atoms with Crippen molar-refractivity contribution in [3.63, 3.8) is 0 Å². The topological polar surface area (TPSA) is 75.4 Å². The Bertz CT molecular complexity index is 373. The molecule has 20 heavy (non-hydrogen) atoms. The zero-order valence-corrected chi connectivity index (χ0v) is 13.2. The van der Waals surface area contributed by atoms with E-state index < -0.39 is 5.54 Å². The van der Waals surface area contributed by atoms with Gasteiger partial charge in [0.05, 0.1) is 0 Å². The number of rotatable bonds is 2. The Kier molecular flexibility index (Phi) is 5.83. The van der Waals surface area contributed by atoms with Gasteiger partial charge in [0.25, 0.3) is 0 Å². The van der Waals surface area contributed by atoms with E-state index in [9.17, 15) is 9.59 Å². The molecule has 1 aliphatic carbocycles. The molecule has 2 unspecified atom stereocenters.